The second-order valence-electron chi connectivity index (χ2n) is 7.31. The van der Waals surface area contributed by atoms with Crippen molar-refractivity contribution in [2.24, 2.45) is 0 Å². The molecule has 2 aromatic heterocycles. The second-order valence-corrected chi connectivity index (χ2v) is 8.36. The maximum Gasteiger partial charge on any atom is 0.147 e. The number of benzene rings is 1. The fourth-order valence-corrected chi connectivity index (χ4v) is 4.64. The summed E-state index contributed by atoms with van der Waals surface area (Å²) in [5.74, 6) is 0.850. The zero-order valence-electron chi connectivity index (χ0n) is 17.1. The predicted molar refractivity (Wildman–Crippen MR) is 128 cm³/mol. The van der Waals surface area contributed by atoms with Gasteiger partial charge in [-0.25, -0.2) is 9.97 Å². The Hall–Kier alpha value is -2.80. The summed E-state index contributed by atoms with van der Waals surface area (Å²) in [5, 5.41) is 6.81. The Balaban J connectivity index is 1.51. The van der Waals surface area contributed by atoms with E-state index in [-0.39, 0.29) is 0 Å². The van der Waals surface area contributed by atoms with Crippen molar-refractivity contribution in [3.63, 3.8) is 0 Å². The molecule has 1 aliphatic heterocycles. The van der Waals surface area contributed by atoms with Crippen LogP contribution >= 0.6 is 11.3 Å². The van der Waals surface area contributed by atoms with Crippen molar-refractivity contribution in [1.29, 1.82) is 0 Å². The van der Waals surface area contributed by atoms with E-state index in [0.717, 1.165) is 54.3 Å². The molecule has 6 heteroatoms. The molecule has 2 N–H and O–H groups in total. The summed E-state index contributed by atoms with van der Waals surface area (Å²) in [7, 11) is 0. The van der Waals surface area contributed by atoms with E-state index < -0.39 is 0 Å². The molecule has 0 saturated carbocycles. The van der Waals surface area contributed by atoms with Gasteiger partial charge in [0.25, 0.3) is 0 Å². The lowest BCUT2D eigenvalue weighted by molar-refractivity contribution is 0.233. The quantitative estimate of drug-likeness (QED) is 0.530. The number of piperazine rings is 1. The molecular weight excluding hydrogens is 390 g/mol. The van der Waals surface area contributed by atoms with Gasteiger partial charge in [-0.15, -0.1) is 11.3 Å². The number of rotatable bonds is 8. The van der Waals surface area contributed by atoms with E-state index in [0.29, 0.717) is 6.54 Å². The molecule has 4 rings (SSSR count). The molecule has 1 saturated heterocycles. The summed E-state index contributed by atoms with van der Waals surface area (Å²) in [6.07, 6.45) is 7.15. The standard InChI is InChI=1S/C24H27N5S/c1-3-5-18(4-2)15-26-24-23-21(27-17-28-24)14-22(30-23)20-8-6-19(7-9-20)16-29-12-10-25-11-13-29/h3-9,14,17,25H,1-2,10-13,15-16H2,(H,26,27,28)/b18-5+. The highest BCUT2D eigenvalue weighted by molar-refractivity contribution is 7.22. The Kier molecular flexibility index (Phi) is 6.69. The van der Waals surface area contributed by atoms with E-state index in [1.54, 1.807) is 23.7 Å². The lowest BCUT2D eigenvalue weighted by Gasteiger charge is -2.27. The van der Waals surface area contributed by atoms with E-state index in [2.05, 4.69) is 69.0 Å². The van der Waals surface area contributed by atoms with E-state index in [9.17, 15) is 0 Å². The summed E-state index contributed by atoms with van der Waals surface area (Å²) in [4.78, 5) is 12.6. The van der Waals surface area contributed by atoms with E-state index >= 15 is 0 Å². The van der Waals surface area contributed by atoms with Crippen LogP contribution in [0.15, 0.2) is 73.6 Å². The Morgan fingerprint density at radius 1 is 1.17 bits per heavy atom. The molecule has 0 amide bonds. The monoisotopic (exact) mass is 417 g/mol. The van der Waals surface area contributed by atoms with Crippen LogP contribution in [0.2, 0.25) is 0 Å². The maximum absolute atomic E-state index is 4.46. The average molecular weight is 418 g/mol. The molecule has 1 aliphatic rings. The van der Waals surface area contributed by atoms with Crippen LogP contribution in [0.25, 0.3) is 20.7 Å². The van der Waals surface area contributed by atoms with Gasteiger partial charge in [0.1, 0.15) is 12.1 Å². The first-order valence-electron chi connectivity index (χ1n) is 10.2. The molecule has 0 aliphatic carbocycles. The molecule has 1 aromatic carbocycles. The Morgan fingerprint density at radius 3 is 2.70 bits per heavy atom. The Morgan fingerprint density at radius 2 is 1.97 bits per heavy atom. The van der Waals surface area contributed by atoms with Crippen molar-refractivity contribution >= 4 is 27.4 Å². The first-order chi connectivity index (χ1) is 14.8. The van der Waals surface area contributed by atoms with Crippen LogP contribution < -0.4 is 10.6 Å². The van der Waals surface area contributed by atoms with Crippen molar-refractivity contribution in [2.45, 2.75) is 6.54 Å². The fourth-order valence-electron chi connectivity index (χ4n) is 3.56. The average Bonchev–Trinajstić information content (AvgIpc) is 3.23. The molecule has 0 unspecified atom stereocenters. The van der Waals surface area contributed by atoms with E-state index in [4.69, 9.17) is 0 Å². The first-order valence-corrected chi connectivity index (χ1v) is 11.0. The maximum atomic E-state index is 4.46. The molecule has 0 atom stereocenters. The molecule has 1 fully saturated rings. The summed E-state index contributed by atoms with van der Waals surface area (Å²) >= 11 is 1.72. The molecule has 154 valence electrons. The largest absolute Gasteiger partial charge is 0.365 e. The van der Waals surface area contributed by atoms with Gasteiger partial charge in [-0.1, -0.05) is 55.7 Å². The van der Waals surface area contributed by atoms with E-state index in [1.165, 1.54) is 16.0 Å². The van der Waals surface area contributed by atoms with Crippen molar-refractivity contribution in [2.75, 3.05) is 38.0 Å². The normalized spacial score (nSPS) is 15.3. The van der Waals surface area contributed by atoms with Crippen LogP contribution in [0.4, 0.5) is 5.82 Å². The fraction of sp³-hybridized carbons (Fsp3) is 0.250. The number of thiophene rings is 1. The molecule has 0 radical (unpaired) electrons. The summed E-state index contributed by atoms with van der Waals surface area (Å²) < 4.78 is 1.07. The number of hydrogen-bond donors (Lipinski definition) is 2. The number of anilines is 1. The van der Waals surface area contributed by atoms with Gasteiger partial charge in [-0.3, -0.25) is 4.90 Å². The molecule has 0 spiro atoms. The topological polar surface area (TPSA) is 53.1 Å². The zero-order valence-corrected chi connectivity index (χ0v) is 17.9. The van der Waals surface area contributed by atoms with Crippen LogP contribution in [0, 0.1) is 0 Å². The van der Waals surface area contributed by atoms with Gasteiger partial charge >= 0.3 is 0 Å². The molecule has 3 heterocycles. The van der Waals surface area contributed by atoms with Gasteiger partial charge in [0.15, 0.2) is 0 Å². The van der Waals surface area contributed by atoms with Crippen LogP contribution in [0.3, 0.4) is 0 Å². The van der Waals surface area contributed by atoms with Gasteiger partial charge in [0.2, 0.25) is 0 Å². The number of nitrogens with one attached hydrogen (secondary N) is 2. The minimum absolute atomic E-state index is 0.648. The van der Waals surface area contributed by atoms with Gasteiger partial charge in [-0.05, 0) is 22.8 Å². The molecule has 30 heavy (non-hydrogen) atoms. The summed E-state index contributed by atoms with van der Waals surface area (Å²) in [6.45, 7) is 13.6. The highest BCUT2D eigenvalue weighted by atomic mass is 32.1. The smallest absolute Gasteiger partial charge is 0.147 e. The number of aromatic nitrogens is 2. The third-order valence-electron chi connectivity index (χ3n) is 5.22. The second kappa shape index (κ2) is 9.80. The van der Waals surface area contributed by atoms with Crippen LogP contribution in [-0.2, 0) is 6.54 Å². The minimum Gasteiger partial charge on any atom is -0.365 e. The van der Waals surface area contributed by atoms with E-state index in [1.807, 2.05) is 12.2 Å². The molecule has 3 aromatic rings. The van der Waals surface area contributed by atoms with Crippen LogP contribution in [0.1, 0.15) is 5.56 Å². The lowest BCUT2D eigenvalue weighted by atomic mass is 10.1. The Labute approximate surface area is 181 Å². The predicted octanol–water partition coefficient (Wildman–Crippen LogP) is 4.47. The summed E-state index contributed by atoms with van der Waals surface area (Å²) in [5.41, 5.74) is 4.60. The van der Waals surface area contributed by atoms with Gasteiger partial charge in [0, 0.05) is 44.1 Å². The highest BCUT2D eigenvalue weighted by Crippen LogP contribution is 2.35. The van der Waals surface area contributed by atoms with Crippen molar-refractivity contribution in [3.05, 3.63) is 79.2 Å². The molecular formula is C24H27N5S. The Bertz CT molecular complexity index is 1050. The number of fused-ring (bicyclic) bond motifs is 1. The summed E-state index contributed by atoms with van der Waals surface area (Å²) in [6, 6.07) is 11.1. The van der Waals surface area contributed by atoms with Gasteiger partial charge < -0.3 is 10.6 Å². The molecule has 0 bridgehead atoms. The number of allylic oxidation sites excluding steroid dienone is 2. The van der Waals surface area contributed by atoms with Crippen LogP contribution in [0.5, 0.6) is 0 Å². The van der Waals surface area contributed by atoms with Crippen molar-refractivity contribution < 1.29 is 0 Å². The SMILES string of the molecule is C=C/C=C(\C=C)CNc1ncnc2cc(-c3ccc(CN4CCNCC4)cc3)sc12. The van der Waals surface area contributed by atoms with Crippen molar-refractivity contribution in [1.82, 2.24) is 20.2 Å². The zero-order chi connectivity index (χ0) is 20.8. The molecule has 5 nitrogen and oxygen atoms in total. The third kappa shape index (κ3) is 4.84. The van der Waals surface area contributed by atoms with Crippen LogP contribution in [-0.4, -0.2) is 47.6 Å². The lowest BCUT2D eigenvalue weighted by Crippen LogP contribution is -2.42. The van der Waals surface area contributed by atoms with Gasteiger partial charge in [-0.2, -0.15) is 0 Å². The third-order valence-corrected chi connectivity index (χ3v) is 6.40. The van der Waals surface area contributed by atoms with Gasteiger partial charge in [0.05, 0.1) is 10.2 Å². The minimum atomic E-state index is 0.648. The van der Waals surface area contributed by atoms with Crippen molar-refractivity contribution in [3.8, 4) is 10.4 Å². The first kappa shape index (κ1) is 20.5. The number of nitrogens with zero attached hydrogens (tertiary/aromatic N) is 3. The number of hydrogen-bond acceptors (Lipinski definition) is 6. The highest BCUT2D eigenvalue weighted by Gasteiger charge is 2.12.